The van der Waals surface area contributed by atoms with Crippen molar-refractivity contribution in [1.29, 1.82) is 0 Å². The zero-order valence-corrected chi connectivity index (χ0v) is 19.2. The molecule has 1 saturated heterocycles. The smallest absolute Gasteiger partial charge is 0.332 e. The standard InChI is InChI=1S/C28H27N3O3/c1-3-10-22-23-17-25-27(32)30(20-12-6-5-7-13-20)28(33)31(25)24(4-2)21(23)14-15-26(22)34-18-19-11-8-9-16-29-19/h3,5-9,11-16,24-25H,1,4,10,17-18H2,2H3/t24?,25-/m0/s1. The predicted octanol–water partition coefficient (Wildman–Crippen LogP) is 5.23. The molecule has 0 aliphatic carbocycles. The molecule has 6 heteroatoms. The number of aromatic nitrogens is 1. The molecule has 3 heterocycles. The van der Waals surface area contributed by atoms with Crippen molar-refractivity contribution in [3.8, 4) is 5.75 Å². The summed E-state index contributed by atoms with van der Waals surface area (Å²) >= 11 is 0. The Bertz CT molecular complexity index is 1230. The van der Waals surface area contributed by atoms with Crippen molar-refractivity contribution in [3.63, 3.8) is 0 Å². The fourth-order valence-corrected chi connectivity index (χ4v) is 5.10. The van der Waals surface area contributed by atoms with E-state index in [2.05, 4.69) is 18.5 Å². The lowest BCUT2D eigenvalue weighted by Crippen LogP contribution is -2.43. The first-order valence-corrected chi connectivity index (χ1v) is 11.6. The molecule has 1 aromatic heterocycles. The van der Waals surface area contributed by atoms with Gasteiger partial charge in [-0.05, 0) is 54.3 Å². The molecule has 2 aromatic carbocycles. The summed E-state index contributed by atoms with van der Waals surface area (Å²) in [7, 11) is 0. The second-order valence-corrected chi connectivity index (χ2v) is 8.56. The third-order valence-corrected chi connectivity index (χ3v) is 6.62. The largest absolute Gasteiger partial charge is 0.487 e. The zero-order valence-electron chi connectivity index (χ0n) is 19.2. The molecule has 3 amide bonds. The van der Waals surface area contributed by atoms with E-state index in [0.29, 0.717) is 31.6 Å². The Labute approximate surface area is 199 Å². The molecule has 34 heavy (non-hydrogen) atoms. The maximum absolute atomic E-state index is 13.5. The third kappa shape index (κ3) is 3.65. The first kappa shape index (κ1) is 21.9. The van der Waals surface area contributed by atoms with Gasteiger partial charge < -0.3 is 9.64 Å². The number of urea groups is 1. The summed E-state index contributed by atoms with van der Waals surface area (Å²) in [6.45, 7) is 6.35. The molecule has 1 unspecified atom stereocenters. The SMILES string of the molecule is C=CCc1c(OCc2ccccn2)ccc2c1C[C@H]1C(=O)N(c3ccccc3)C(=O)N1C2CC. The first-order chi connectivity index (χ1) is 16.6. The topological polar surface area (TPSA) is 62.7 Å². The summed E-state index contributed by atoms with van der Waals surface area (Å²) in [5.74, 6) is 0.592. The van der Waals surface area contributed by atoms with Crippen LogP contribution in [0.4, 0.5) is 10.5 Å². The molecule has 5 rings (SSSR count). The van der Waals surface area contributed by atoms with E-state index in [-0.39, 0.29) is 18.0 Å². The van der Waals surface area contributed by atoms with E-state index in [1.165, 1.54) is 4.90 Å². The van der Waals surface area contributed by atoms with Crippen molar-refractivity contribution in [2.75, 3.05) is 4.90 Å². The van der Waals surface area contributed by atoms with Crippen LogP contribution in [0.15, 0.2) is 79.5 Å². The highest BCUT2D eigenvalue weighted by atomic mass is 16.5. The molecular weight excluding hydrogens is 426 g/mol. The van der Waals surface area contributed by atoms with E-state index in [1.54, 1.807) is 23.2 Å². The molecule has 172 valence electrons. The number of allylic oxidation sites excluding steroid dienone is 1. The molecule has 6 nitrogen and oxygen atoms in total. The number of carbonyl (C=O) groups excluding carboxylic acids is 2. The summed E-state index contributed by atoms with van der Waals surface area (Å²) in [6, 6.07) is 18.0. The summed E-state index contributed by atoms with van der Waals surface area (Å²) in [4.78, 5) is 34.4. The zero-order chi connectivity index (χ0) is 23.7. The fourth-order valence-electron chi connectivity index (χ4n) is 5.10. The van der Waals surface area contributed by atoms with E-state index in [4.69, 9.17) is 4.74 Å². The van der Waals surface area contributed by atoms with Crippen LogP contribution in [-0.4, -0.2) is 27.9 Å². The Kier molecular flexibility index (Phi) is 5.88. The monoisotopic (exact) mass is 453 g/mol. The van der Waals surface area contributed by atoms with Gasteiger partial charge in [-0.1, -0.05) is 43.3 Å². The van der Waals surface area contributed by atoms with Crippen molar-refractivity contribution < 1.29 is 14.3 Å². The van der Waals surface area contributed by atoms with Crippen LogP contribution < -0.4 is 9.64 Å². The Morgan fingerprint density at radius 1 is 1.09 bits per heavy atom. The number of fused-ring (bicyclic) bond motifs is 2. The van der Waals surface area contributed by atoms with Crippen LogP contribution in [0.5, 0.6) is 5.75 Å². The van der Waals surface area contributed by atoms with Gasteiger partial charge in [-0.3, -0.25) is 9.78 Å². The highest BCUT2D eigenvalue weighted by Gasteiger charge is 2.51. The van der Waals surface area contributed by atoms with Crippen LogP contribution >= 0.6 is 0 Å². The number of pyridine rings is 1. The normalized spacial score (nSPS) is 19.1. The van der Waals surface area contributed by atoms with E-state index in [1.807, 2.05) is 54.6 Å². The van der Waals surface area contributed by atoms with Crippen molar-refractivity contribution in [2.45, 2.75) is 44.9 Å². The van der Waals surface area contributed by atoms with Crippen molar-refractivity contribution >= 4 is 17.6 Å². The molecule has 0 radical (unpaired) electrons. The molecule has 0 spiro atoms. The lowest BCUT2D eigenvalue weighted by molar-refractivity contribution is -0.120. The average Bonchev–Trinajstić information content (AvgIpc) is 3.13. The average molecular weight is 454 g/mol. The maximum atomic E-state index is 13.5. The number of amides is 3. The van der Waals surface area contributed by atoms with Crippen LogP contribution in [0.1, 0.15) is 41.8 Å². The predicted molar refractivity (Wildman–Crippen MR) is 131 cm³/mol. The van der Waals surface area contributed by atoms with Gasteiger partial charge in [0.05, 0.1) is 17.4 Å². The minimum absolute atomic E-state index is 0.174. The summed E-state index contributed by atoms with van der Waals surface area (Å²) < 4.78 is 6.17. The third-order valence-electron chi connectivity index (χ3n) is 6.62. The summed E-state index contributed by atoms with van der Waals surface area (Å²) in [6.07, 6.45) is 5.40. The Morgan fingerprint density at radius 3 is 2.59 bits per heavy atom. The molecule has 2 aliphatic rings. The lowest BCUT2D eigenvalue weighted by Gasteiger charge is -2.38. The number of benzene rings is 2. The summed E-state index contributed by atoms with van der Waals surface area (Å²) in [5.41, 5.74) is 4.65. The molecule has 3 aromatic rings. The Morgan fingerprint density at radius 2 is 1.88 bits per heavy atom. The van der Waals surface area contributed by atoms with Crippen molar-refractivity contribution in [2.24, 2.45) is 0 Å². The number of hydrogen-bond acceptors (Lipinski definition) is 4. The number of rotatable bonds is 7. The molecular formula is C28H27N3O3. The highest BCUT2D eigenvalue weighted by Crippen LogP contribution is 2.44. The van der Waals surface area contributed by atoms with Crippen molar-refractivity contribution in [3.05, 3.63) is 102 Å². The number of imide groups is 1. The minimum atomic E-state index is -0.528. The van der Waals surface area contributed by atoms with E-state index < -0.39 is 6.04 Å². The number of carbonyl (C=O) groups is 2. The molecule has 2 aliphatic heterocycles. The fraction of sp³-hybridized carbons (Fsp3) is 0.250. The number of anilines is 1. The van der Waals surface area contributed by atoms with Gasteiger partial charge in [0.2, 0.25) is 0 Å². The quantitative estimate of drug-likeness (QED) is 0.363. The minimum Gasteiger partial charge on any atom is -0.487 e. The lowest BCUT2D eigenvalue weighted by atomic mass is 9.83. The second-order valence-electron chi connectivity index (χ2n) is 8.56. The molecule has 0 bridgehead atoms. The Hall–Kier alpha value is -3.93. The van der Waals surface area contributed by atoms with E-state index >= 15 is 0 Å². The van der Waals surface area contributed by atoms with Gasteiger partial charge in [0.1, 0.15) is 18.4 Å². The van der Waals surface area contributed by atoms with Crippen LogP contribution in [0.3, 0.4) is 0 Å². The van der Waals surface area contributed by atoms with Crippen molar-refractivity contribution in [1.82, 2.24) is 9.88 Å². The number of nitrogens with zero attached hydrogens (tertiary/aromatic N) is 3. The van der Waals surface area contributed by atoms with E-state index in [9.17, 15) is 9.59 Å². The van der Waals surface area contributed by atoms with Crippen LogP contribution in [0, 0.1) is 0 Å². The van der Waals surface area contributed by atoms with Gasteiger partial charge in [-0.25, -0.2) is 9.69 Å². The van der Waals surface area contributed by atoms with E-state index in [0.717, 1.165) is 28.1 Å². The van der Waals surface area contributed by atoms with Crippen LogP contribution in [-0.2, 0) is 24.2 Å². The number of ether oxygens (including phenoxy) is 1. The van der Waals surface area contributed by atoms with Gasteiger partial charge in [0.15, 0.2) is 0 Å². The number of para-hydroxylation sites is 1. The molecule has 2 atom stereocenters. The van der Waals surface area contributed by atoms with Gasteiger partial charge >= 0.3 is 6.03 Å². The van der Waals surface area contributed by atoms with Gasteiger partial charge in [0, 0.05) is 18.2 Å². The first-order valence-electron chi connectivity index (χ1n) is 11.6. The highest BCUT2D eigenvalue weighted by molar-refractivity contribution is 6.21. The molecule has 0 saturated carbocycles. The van der Waals surface area contributed by atoms with Gasteiger partial charge in [-0.15, -0.1) is 6.58 Å². The Balaban J connectivity index is 1.52. The molecule has 1 fully saturated rings. The van der Waals surface area contributed by atoms with Gasteiger partial charge in [-0.2, -0.15) is 0 Å². The van der Waals surface area contributed by atoms with Crippen LogP contribution in [0.2, 0.25) is 0 Å². The number of hydrogen-bond donors (Lipinski definition) is 0. The summed E-state index contributed by atoms with van der Waals surface area (Å²) in [5, 5.41) is 0. The molecule has 0 N–H and O–H groups in total. The second kappa shape index (κ2) is 9.14. The van der Waals surface area contributed by atoms with Crippen LogP contribution in [0.25, 0.3) is 0 Å². The van der Waals surface area contributed by atoms with Gasteiger partial charge in [0.25, 0.3) is 5.91 Å². The maximum Gasteiger partial charge on any atom is 0.332 e.